The number of rotatable bonds is 10. The number of nitrogens with one attached hydrogen (secondary N) is 1. The number of amides is 1. The number of carbonyl (C=O) groups is 2. The summed E-state index contributed by atoms with van der Waals surface area (Å²) >= 11 is 0. The van der Waals surface area contributed by atoms with E-state index in [1.54, 1.807) is 75.4 Å². The molecule has 37 heavy (non-hydrogen) atoms. The maximum atomic E-state index is 13.6. The average molecular weight is 577 g/mol. The molecule has 0 aromatic carbocycles. The Kier molecular flexibility index (Phi) is 11.9. The minimum absolute atomic E-state index is 0.392. The van der Waals surface area contributed by atoms with Gasteiger partial charge in [0.15, 0.2) is 8.32 Å². The Bertz CT molecular complexity index is 917. The van der Waals surface area contributed by atoms with Crippen LogP contribution in [0.2, 0.25) is 18.1 Å². The first kappa shape index (κ1) is 35.3. The molecule has 0 rings (SSSR count). The largest absolute Gasteiger partial charge is 0.458 e. The molecule has 0 heterocycles. The summed E-state index contributed by atoms with van der Waals surface area (Å²) < 4.78 is 84.7. The van der Waals surface area contributed by atoms with E-state index in [0.29, 0.717) is 0 Å². The first-order valence-electron chi connectivity index (χ1n) is 11.9. The quantitative estimate of drug-likeness (QED) is 0.211. The molecule has 0 aliphatic rings. The van der Waals surface area contributed by atoms with Gasteiger partial charge in [-0.2, -0.15) is 17.6 Å². The molecular weight excluding hydrogens is 533 g/mol. The Labute approximate surface area is 220 Å². The van der Waals surface area contributed by atoms with E-state index in [9.17, 15) is 31.2 Å². The number of carbonyl (C=O) groups excluding carboxylic acids is 2. The standard InChI is InChI=1S/C23H43F3N2O7SSi/c1-20(2,3)33-18(29)16(28-19(30)34-21(4,5)6)12-14-27-36(31,32)15-13-17(23(24,25)26)35-37(10,11)22(7,8)9/h14,16-17H,12-13,15H2,1-11H3,(H,28,30)/t16-,17?/m0/s1. The van der Waals surface area contributed by atoms with Crippen LogP contribution in [0.4, 0.5) is 18.0 Å². The summed E-state index contributed by atoms with van der Waals surface area (Å²) in [6.45, 7) is 18.3. The Morgan fingerprint density at radius 3 is 1.84 bits per heavy atom. The van der Waals surface area contributed by atoms with E-state index >= 15 is 0 Å². The van der Waals surface area contributed by atoms with Crippen LogP contribution in [0.25, 0.3) is 0 Å². The van der Waals surface area contributed by atoms with Crippen molar-refractivity contribution in [1.29, 1.82) is 0 Å². The third-order valence-corrected chi connectivity index (χ3v) is 10.9. The number of sulfonamides is 1. The van der Waals surface area contributed by atoms with Crippen LogP contribution in [-0.2, 0) is 28.7 Å². The Balaban J connectivity index is 5.53. The second-order valence-electron chi connectivity index (χ2n) is 12.2. The third-order valence-electron chi connectivity index (χ3n) is 5.20. The van der Waals surface area contributed by atoms with Crippen LogP contribution >= 0.6 is 0 Å². The summed E-state index contributed by atoms with van der Waals surface area (Å²) in [6.07, 6.45) is -8.33. The fourth-order valence-corrected chi connectivity index (χ4v) is 4.68. The summed E-state index contributed by atoms with van der Waals surface area (Å²) in [4.78, 5) is 24.6. The van der Waals surface area contributed by atoms with Crippen molar-refractivity contribution in [3.8, 4) is 0 Å². The van der Waals surface area contributed by atoms with Crippen LogP contribution in [0.5, 0.6) is 0 Å². The molecule has 1 N–H and O–H groups in total. The van der Waals surface area contributed by atoms with Gasteiger partial charge >= 0.3 is 18.2 Å². The lowest BCUT2D eigenvalue weighted by Gasteiger charge is -2.39. The maximum Gasteiger partial charge on any atom is 0.413 e. The monoisotopic (exact) mass is 576 g/mol. The van der Waals surface area contributed by atoms with E-state index < -0.39 is 83.6 Å². The van der Waals surface area contributed by atoms with Gasteiger partial charge in [0.2, 0.25) is 0 Å². The van der Waals surface area contributed by atoms with Gasteiger partial charge in [-0.15, -0.1) is 0 Å². The zero-order valence-corrected chi connectivity index (χ0v) is 25.5. The summed E-state index contributed by atoms with van der Waals surface area (Å²) in [5, 5.41) is 1.80. The molecule has 0 radical (unpaired) electrons. The number of alkyl carbamates (subject to hydrolysis) is 1. The fraction of sp³-hybridized carbons (Fsp3) is 0.870. The van der Waals surface area contributed by atoms with Crippen LogP contribution < -0.4 is 5.32 Å². The molecule has 0 saturated carbocycles. The van der Waals surface area contributed by atoms with Gasteiger partial charge in [0, 0.05) is 12.6 Å². The molecule has 0 aromatic rings. The van der Waals surface area contributed by atoms with Crippen LogP contribution in [0, 0.1) is 0 Å². The molecule has 218 valence electrons. The van der Waals surface area contributed by atoms with Crippen molar-refractivity contribution in [3.05, 3.63) is 0 Å². The van der Waals surface area contributed by atoms with Crippen molar-refractivity contribution in [3.63, 3.8) is 0 Å². The van der Waals surface area contributed by atoms with Crippen molar-refractivity contribution >= 4 is 36.6 Å². The van der Waals surface area contributed by atoms with Crippen molar-refractivity contribution in [2.75, 3.05) is 5.75 Å². The molecule has 0 saturated heterocycles. The first-order valence-corrected chi connectivity index (χ1v) is 16.4. The van der Waals surface area contributed by atoms with Gasteiger partial charge in [-0.3, -0.25) is 0 Å². The SMILES string of the molecule is CC(C)(C)OC(=O)N[C@@H](CC=NS(=O)(=O)CCC(O[Si](C)(C)C(C)(C)C)C(F)(F)F)C(=O)OC(C)(C)C. The highest BCUT2D eigenvalue weighted by molar-refractivity contribution is 7.90. The van der Waals surface area contributed by atoms with Gasteiger partial charge < -0.3 is 19.2 Å². The van der Waals surface area contributed by atoms with Gasteiger partial charge in [0.1, 0.15) is 23.3 Å². The molecule has 9 nitrogen and oxygen atoms in total. The molecule has 0 fully saturated rings. The molecule has 2 atom stereocenters. The lowest BCUT2D eigenvalue weighted by atomic mass is 10.1. The topological polar surface area (TPSA) is 120 Å². The lowest BCUT2D eigenvalue weighted by Crippen LogP contribution is -2.48. The van der Waals surface area contributed by atoms with Crippen LogP contribution in [-0.4, -0.2) is 70.3 Å². The van der Waals surface area contributed by atoms with E-state index in [1.165, 1.54) is 0 Å². The normalized spacial score (nSPS) is 15.8. The molecule has 0 aromatic heterocycles. The van der Waals surface area contributed by atoms with Gasteiger partial charge in [-0.05, 0) is 66.1 Å². The number of nitrogens with zero attached hydrogens (tertiary/aromatic N) is 1. The zero-order chi connectivity index (χ0) is 29.7. The van der Waals surface area contributed by atoms with Crippen molar-refractivity contribution < 1.29 is 45.1 Å². The summed E-state index contributed by atoms with van der Waals surface area (Å²) in [5.74, 6) is -1.78. The third kappa shape index (κ3) is 14.7. The van der Waals surface area contributed by atoms with Crippen LogP contribution in [0.3, 0.4) is 0 Å². The lowest BCUT2D eigenvalue weighted by molar-refractivity contribution is -0.198. The average Bonchev–Trinajstić information content (AvgIpc) is 2.59. The van der Waals surface area contributed by atoms with E-state index in [4.69, 9.17) is 13.9 Å². The Morgan fingerprint density at radius 2 is 1.43 bits per heavy atom. The summed E-state index contributed by atoms with van der Waals surface area (Å²) in [6, 6.07) is -1.34. The van der Waals surface area contributed by atoms with Crippen molar-refractivity contribution in [1.82, 2.24) is 5.32 Å². The molecule has 0 spiro atoms. The second-order valence-corrected chi connectivity index (χ2v) is 18.8. The molecule has 0 bridgehead atoms. The fourth-order valence-electron chi connectivity index (χ4n) is 2.43. The highest BCUT2D eigenvalue weighted by Crippen LogP contribution is 2.40. The minimum Gasteiger partial charge on any atom is -0.458 e. The summed E-state index contributed by atoms with van der Waals surface area (Å²) in [5.41, 5.74) is -1.76. The molecule has 1 amide bonds. The van der Waals surface area contributed by atoms with Crippen LogP contribution in [0.15, 0.2) is 4.40 Å². The predicted octanol–water partition coefficient (Wildman–Crippen LogP) is 5.35. The second kappa shape index (κ2) is 12.5. The van der Waals surface area contributed by atoms with E-state index in [0.717, 1.165) is 6.21 Å². The van der Waals surface area contributed by atoms with Gasteiger partial charge in [-0.1, -0.05) is 20.8 Å². The Morgan fingerprint density at radius 1 is 0.946 bits per heavy atom. The van der Waals surface area contributed by atoms with Crippen molar-refractivity contribution in [2.24, 2.45) is 4.40 Å². The molecule has 0 aliphatic carbocycles. The van der Waals surface area contributed by atoms with Crippen LogP contribution in [0.1, 0.15) is 75.2 Å². The minimum atomic E-state index is -4.76. The van der Waals surface area contributed by atoms with E-state index in [1.807, 2.05) is 0 Å². The highest BCUT2D eigenvalue weighted by Gasteiger charge is 2.48. The van der Waals surface area contributed by atoms with Crippen molar-refractivity contribution in [2.45, 2.75) is 123 Å². The smallest absolute Gasteiger partial charge is 0.413 e. The molecule has 14 heteroatoms. The summed E-state index contributed by atoms with van der Waals surface area (Å²) in [7, 11) is -7.17. The highest BCUT2D eigenvalue weighted by atomic mass is 32.2. The maximum absolute atomic E-state index is 13.6. The number of alkyl halides is 3. The number of esters is 1. The molecular formula is C23H43F3N2O7SSi. The number of hydrogen-bond acceptors (Lipinski definition) is 7. The predicted molar refractivity (Wildman–Crippen MR) is 139 cm³/mol. The molecule has 1 unspecified atom stereocenters. The van der Waals surface area contributed by atoms with E-state index in [2.05, 4.69) is 9.71 Å². The first-order chi connectivity index (χ1) is 16.2. The number of hydrogen-bond donors (Lipinski definition) is 1. The van der Waals surface area contributed by atoms with Gasteiger partial charge in [0.05, 0.1) is 5.75 Å². The number of halogens is 3. The Hall–Kier alpha value is -1.67. The number of ether oxygens (including phenoxy) is 2. The van der Waals surface area contributed by atoms with Gasteiger partial charge in [0.25, 0.3) is 10.0 Å². The van der Waals surface area contributed by atoms with Gasteiger partial charge in [-0.25, -0.2) is 18.0 Å². The zero-order valence-electron chi connectivity index (χ0n) is 23.7. The van der Waals surface area contributed by atoms with E-state index in [-0.39, 0.29) is 0 Å². The molecule has 0 aliphatic heterocycles.